The van der Waals surface area contributed by atoms with Crippen molar-refractivity contribution in [2.75, 3.05) is 14.2 Å². The summed E-state index contributed by atoms with van der Waals surface area (Å²) in [5.74, 6) is 0.0212. The van der Waals surface area contributed by atoms with Gasteiger partial charge in [0.1, 0.15) is 11.8 Å². The third kappa shape index (κ3) is 6.10. The zero-order valence-corrected chi connectivity index (χ0v) is 21.0. The first-order valence-corrected chi connectivity index (χ1v) is 12.2. The number of benzene rings is 2. The van der Waals surface area contributed by atoms with Crippen molar-refractivity contribution in [3.05, 3.63) is 65.4 Å². The van der Waals surface area contributed by atoms with E-state index in [4.69, 9.17) is 4.74 Å². The van der Waals surface area contributed by atoms with Crippen molar-refractivity contribution < 1.29 is 19.1 Å². The third-order valence-electron chi connectivity index (χ3n) is 6.35. The van der Waals surface area contributed by atoms with E-state index in [2.05, 4.69) is 17.6 Å². The van der Waals surface area contributed by atoms with Crippen LogP contribution in [0.25, 0.3) is 10.9 Å². The monoisotopic (exact) mass is 477 g/mol. The normalized spacial score (nSPS) is 11.8. The highest BCUT2D eigenvalue weighted by atomic mass is 16.5. The first-order valence-electron chi connectivity index (χ1n) is 12.2. The quantitative estimate of drug-likeness (QED) is 0.401. The summed E-state index contributed by atoms with van der Waals surface area (Å²) in [5, 5.41) is 6.34. The van der Waals surface area contributed by atoms with Crippen LogP contribution in [0.1, 0.15) is 60.6 Å². The van der Waals surface area contributed by atoms with Gasteiger partial charge in [-0.05, 0) is 49.2 Å². The second-order valence-electron chi connectivity index (χ2n) is 8.71. The molecular formula is C28H35N3O4. The van der Waals surface area contributed by atoms with Crippen molar-refractivity contribution in [2.45, 2.75) is 58.4 Å². The van der Waals surface area contributed by atoms with Gasteiger partial charge >= 0.3 is 0 Å². The molecular weight excluding hydrogens is 442 g/mol. The number of carbonyl (C=O) groups is 3. The fourth-order valence-corrected chi connectivity index (χ4v) is 4.41. The molecule has 3 aromatic rings. The van der Waals surface area contributed by atoms with Gasteiger partial charge in [0, 0.05) is 23.7 Å². The van der Waals surface area contributed by atoms with Crippen LogP contribution in [-0.2, 0) is 16.0 Å². The van der Waals surface area contributed by atoms with Gasteiger partial charge < -0.3 is 15.4 Å². The maximum atomic E-state index is 13.4. The summed E-state index contributed by atoms with van der Waals surface area (Å²) in [6.45, 7) is 3.98. The molecule has 1 unspecified atom stereocenters. The number of nitrogens with zero attached hydrogens (tertiary/aromatic N) is 1. The molecule has 186 valence electrons. The maximum absolute atomic E-state index is 13.4. The summed E-state index contributed by atoms with van der Waals surface area (Å²) >= 11 is 0. The Labute approximate surface area is 206 Å². The molecule has 2 amide bonds. The summed E-state index contributed by atoms with van der Waals surface area (Å²) in [4.78, 5) is 38.9. The van der Waals surface area contributed by atoms with E-state index in [1.165, 1.54) is 0 Å². The van der Waals surface area contributed by atoms with Gasteiger partial charge in [0.25, 0.3) is 5.91 Å². The summed E-state index contributed by atoms with van der Waals surface area (Å²) in [7, 11) is 3.16. The van der Waals surface area contributed by atoms with Crippen LogP contribution >= 0.6 is 0 Å². The summed E-state index contributed by atoms with van der Waals surface area (Å²) < 4.78 is 7.05. The van der Waals surface area contributed by atoms with Crippen molar-refractivity contribution in [3.8, 4) is 5.75 Å². The van der Waals surface area contributed by atoms with Crippen LogP contribution in [0.3, 0.4) is 0 Å². The fraction of sp³-hybridized carbons (Fsp3) is 0.393. The van der Waals surface area contributed by atoms with E-state index >= 15 is 0 Å². The molecule has 0 aliphatic rings. The van der Waals surface area contributed by atoms with Gasteiger partial charge in [-0.3, -0.25) is 19.0 Å². The molecule has 0 aliphatic carbocycles. The van der Waals surface area contributed by atoms with E-state index in [0.29, 0.717) is 28.9 Å². The van der Waals surface area contributed by atoms with E-state index < -0.39 is 6.04 Å². The molecule has 0 fully saturated rings. The predicted octanol–water partition coefficient (Wildman–Crippen LogP) is 4.39. The Morgan fingerprint density at radius 2 is 1.77 bits per heavy atom. The number of nitrogens with one attached hydrogen (secondary N) is 2. The zero-order chi connectivity index (χ0) is 25.4. The van der Waals surface area contributed by atoms with Crippen LogP contribution in [0, 0.1) is 6.92 Å². The lowest BCUT2D eigenvalue weighted by atomic mass is 10.0. The van der Waals surface area contributed by atoms with Gasteiger partial charge in [0.15, 0.2) is 0 Å². The minimum atomic E-state index is -0.585. The molecule has 0 radical (unpaired) electrons. The maximum Gasteiger partial charge on any atom is 0.262 e. The number of hydrogen-bond donors (Lipinski definition) is 2. The number of likely N-dealkylation sites (N-methyl/N-ethyl adjacent to an activating group) is 1. The Kier molecular flexibility index (Phi) is 9.06. The lowest BCUT2D eigenvalue weighted by Crippen LogP contribution is -2.46. The largest absolute Gasteiger partial charge is 0.497 e. The molecule has 0 saturated heterocycles. The number of methoxy groups -OCH3 is 1. The molecule has 0 aliphatic heterocycles. The van der Waals surface area contributed by atoms with Crippen LogP contribution in [-0.4, -0.2) is 42.5 Å². The molecule has 0 bridgehead atoms. The molecule has 1 aromatic heterocycles. The lowest BCUT2D eigenvalue weighted by molar-refractivity contribution is -0.128. The molecule has 2 aromatic carbocycles. The Morgan fingerprint density at radius 1 is 1.03 bits per heavy atom. The van der Waals surface area contributed by atoms with E-state index in [9.17, 15) is 14.4 Å². The summed E-state index contributed by atoms with van der Waals surface area (Å²) in [5.41, 5.74) is 2.70. The van der Waals surface area contributed by atoms with Gasteiger partial charge in [0.2, 0.25) is 11.8 Å². The number of carbonyl (C=O) groups excluding carboxylic acids is 3. The van der Waals surface area contributed by atoms with Crippen LogP contribution in [0.4, 0.5) is 0 Å². The highest BCUT2D eigenvalue weighted by Gasteiger charge is 2.24. The van der Waals surface area contributed by atoms with Crippen molar-refractivity contribution in [2.24, 2.45) is 0 Å². The number of aromatic nitrogens is 1. The minimum Gasteiger partial charge on any atom is -0.497 e. The highest BCUT2D eigenvalue weighted by molar-refractivity contribution is 6.05. The van der Waals surface area contributed by atoms with E-state index in [0.717, 1.165) is 36.6 Å². The van der Waals surface area contributed by atoms with Crippen LogP contribution in [0.5, 0.6) is 5.75 Å². The number of amides is 2. The molecule has 7 heteroatoms. The number of fused-ring (bicyclic) bond motifs is 1. The first kappa shape index (κ1) is 26.0. The molecule has 3 rings (SSSR count). The number of rotatable bonds is 11. The first-order chi connectivity index (χ1) is 16.9. The molecule has 2 N–H and O–H groups in total. The second kappa shape index (κ2) is 12.2. The topological polar surface area (TPSA) is 89.4 Å². The lowest BCUT2D eigenvalue weighted by Gasteiger charge is -2.17. The van der Waals surface area contributed by atoms with Gasteiger partial charge in [-0.15, -0.1) is 0 Å². The van der Waals surface area contributed by atoms with Crippen LogP contribution in [0.15, 0.2) is 48.5 Å². The van der Waals surface area contributed by atoms with Crippen LogP contribution < -0.4 is 15.4 Å². The zero-order valence-electron chi connectivity index (χ0n) is 21.0. The molecule has 1 atom stereocenters. The number of hydrogen-bond acceptors (Lipinski definition) is 4. The van der Waals surface area contributed by atoms with Gasteiger partial charge in [0.05, 0.1) is 19.0 Å². The van der Waals surface area contributed by atoms with Crippen molar-refractivity contribution in [1.82, 2.24) is 15.2 Å². The Hall–Kier alpha value is -3.61. The third-order valence-corrected chi connectivity index (χ3v) is 6.35. The second-order valence-corrected chi connectivity index (χ2v) is 8.71. The SMILES string of the molecule is CCCCCCC(NC(=O)Cc1c(C)n(C(=O)c2ccccc2)c2ccc(OC)cc12)C(=O)NC. The van der Waals surface area contributed by atoms with Crippen LogP contribution in [0.2, 0.25) is 0 Å². The average molecular weight is 478 g/mol. The molecule has 1 heterocycles. The van der Waals surface area contributed by atoms with Gasteiger partial charge in [-0.25, -0.2) is 0 Å². The van der Waals surface area contributed by atoms with Crippen molar-refractivity contribution in [3.63, 3.8) is 0 Å². The molecule has 0 saturated carbocycles. The van der Waals surface area contributed by atoms with E-state index in [1.807, 2.05) is 37.3 Å². The Morgan fingerprint density at radius 3 is 2.43 bits per heavy atom. The minimum absolute atomic E-state index is 0.0486. The molecule has 35 heavy (non-hydrogen) atoms. The molecule has 7 nitrogen and oxygen atoms in total. The van der Waals surface area contributed by atoms with Crippen molar-refractivity contribution in [1.29, 1.82) is 0 Å². The predicted molar refractivity (Wildman–Crippen MR) is 138 cm³/mol. The number of unbranched alkanes of at least 4 members (excludes halogenated alkanes) is 3. The van der Waals surface area contributed by atoms with Crippen molar-refractivity contribution >= 4 is 28.6 Å². The summed E-state index contributed by atoms with van der Waals surface area (Å²) in [6.07, 6.45) is 4.73. The fourth-order valence-electron chi connectivity index (χ4n) is 4.41. The van der Waals surface area contributed by atoms with E-state index in [-0.39, 0.29) is 24.1 Å². The smallest absolute Gasteiger partial charge is 0.262 e. The van der Waals surface area contributed by atoms with Gasteiger partial charge in [-0.1, -0.05) is 50.8 Å². The van der Waals surface area contributed by atoms with Gasteiger partial charge in [-0.2, -0.15) is 0 Å². The molecule has 0 spiro atoms. The number of ether oxygens (including phenoxy) is 1. The Bertz CT molecular complexity index is 1180. The highest BCUT2D eigenvalue weighted by Crippen LogP contribution is 2.30. The standard InChI is InChI=1S/C28H35N3O4/c1-5-6-7-11-14-24(27(33)29-3)30-26(32)18-22-19(2)31(28(34)20-12-9-8-10-13-20)25-16-15-21(35-4)17-23(22)25/h8-10,12-13,15-17,24H,5-7,11,14,18H2,1-4H3,(H,29,33)(H,30,32). The van der Waals surface area contributed by atoms with E-state index in [1.54, 1.807) is 36.9 Å². The Balaban J connectivity index is 1.92. The summed E-state index contributed by atoms with van der Waals surface area (Å²) in [6, 6.07) is 14.0. The average Bonchev–Trinajstić information content (AvgIpc) is 3.15.